The van der Waals surface area contributed by atoms with E-state index in [2.05, 4.69) is 15.2 Å². The number of amides is 1. The Labute approximate surface area is 129 Å². The highest BCUT2D eigenvalue weighted by molar-refractivity contribution is 8.01. The van der Waals surface area contributed by atoms with Crippen molar-refractivity contribution in [3.8, 4) is 0 Å². The number of carboxylic acid groups (broad SMARTS) is 1. The van der Waals surface area contributed by atoms with Crippen molar-refractivity contribution in [2.24, 2.45) is 0 Å². The van der Waals surface area contributed by atoms with Crippen molar-refractivity contribution in [2.75, 3.05) is 14.1 Å². The van der Waals surface area contributed by atoms with Crippen molar-refractivity contribution in [2.45, 2.75) is 16.3 Å². The van der Waals surface area contributed by atoms with Crippen molar-refractivity contribution in [3.63, 3.8) is 0 Å². The zero-order chi connectivity index (χ0) is 15.6. The lowest BCUT2D eigenvalue weighted by Gasteiger charge is -2.08. The summed E-state index contributed by atoms with van der Waals surface area (Å²) in [6, 6.07) is 3.24. The summed E-state index contributed by atoms with van der Waals surface area (Å²) < 4.78 is 0.575. The van der Waals surface area contributed by atoms with Gasteiger partial charge in [0.2, 0.25) is 0 Å². The molecule has 1 amide bonds. The average Bonchev–Trinajstić information content (AvgIpc) is 2.79. The number of carboxylic acids is 1. The van der Waals surface area contributed by atoms with E-state index in [0.29, 0.717) is 15.1 Å². The molecule has 0 aliphatic heterocycles. The highest BCUT2D eigenvalue weighted by atomic mass is 32.2. The van der Waals surface area contributed by atoms with Crippen molar-refractivity contribution < 1.29 is 14.7 Å². The van der Waals surface area contributed by atoms with E-state index < -0.39 is 5.97 Å². The normalized spacial score (nSPS) is 10.4. The number of aryl methyl sites for hydroxylation is 1. The summed E-state index contributed by atoms with van der Waals surface area (Å²) in [6.45, 7) is 1.65. The van der Waals surface area contributed by atoms with Crippen LogP contribution in [0.5, 0.6) is 0 Å². The molecule has 0 aliphatic carbocycles. The van der Waals surface area contributed by atoms with Crippen LogP contribution in [0.2, 0.25) is 0 Å². The molecule has 0 bridgehead atoms. The molecule has 0 aliphatic rings. The van der Waals surface area contributed by atoms with Gasteiger partial charge in [0.1, 0.15) is 9.90 Å². The Morgan fingerprint density at radius 3 is 2.48 bits per heavy atom. The number of aromatic nitrogens is 3. The molecule has 0 fully saturated rings. The molecular weight excluding hydrogens is 312 g/mol. The highest BCUT2D eigenvalue weighted by Gasteiger charge is 2.16. The van der Waals surface area contributed by atoms with E-state index in [4.69, 9.17) is 5.11 Å². The minimum atomic E-state index is -0.991. The third-order valence-corrected chi connectivity index (χ3v) is 4.56. The number of rotatable bonds is 4. The molecule has 0 spiro atoms. The van der Waals surface area contributed by atoms with Gasteiger partial charge in [0.25, 0.3) is 5.91 Å². The summed E-state index contributed by atoms with van der Waals surface area (Å²) in [6.07, 6.45) is 0. The summed E-state index contributed by atoms with van der Waals surface area (Å²) in [5, 5.41) is 17.3. The molecule has 2 heterocycles. The van der Waals surface area contributed by atoms with E-state index in [0.717, 1.165) is 11.3 Å². The smallest absolute Gasteiger partial charge is 0.347 e. The lowest BCUT2D eigenvalue weighted by molar-refractivity contribution is 0.0700. The lowest BCUT2D eigenvalue weighted by Crippen LogP contribution is -2.23. The van der Waals surface area contributed by atoms with Gasteiger partial charge in [0.15, 0.2) is 10.0 Å². The Morgan fingerprint density at radius 1 is 1.29 bits per heavy atom. The van der Waals surface area contributed by atoms with Crippen LogP contribution in [-0.4, -0.2) is 51.2 Å². The first-order valence-corrected chi connectivity index (χ1v) is 7.45. The van der Waals surface area contributed by atoms with Gasteiger partial charge in [-0.05, 0) is 30.8 Å². The van der Waals surface area contributed by atoms with Crippen LogP contribution in [0.1, 0.15) is 25.9 Å². The average molecular weight is 324 g/mol. The predicted octanol–water partition coefficient (Wildman–Crippen LogP) is 1.79. The fraction of sp³-hybridized carbons (Fsp3) is 0.250. The van der Waals surface area contributed by atoms with Crippen LogP contribution < -0.4 is 0 Å². The topological polar surface area (TPSA) is 96.3 Å². The molecule has 7 nitrogen and oxygen atoms in total. The molecule has 1 N–H and O–H groups in total. The van der Waals surface area contributed by atoms with Crippen LogP contribution >= 0.6 is 23.1 Å². The van der Waals surface area contributed by atoms with Gasteiger partial charge in [0, 0.05) is 14.1 Å². The number of carbonyl (C=O) groups is 2. The van der Waals surface area contributed by atoms with E-state index in [1.54, 1.807) is 33.2 Å². The molecule has 0 saturated carbocycles. The molecule has 0 saturated heterocycles. The van der Waals surface area contributed by atoms with Crippen molar-refractivity contribution in [1.29, 1.82) is 0 Å². The van der Waals surface area contributed by atoms with Crippen LogP contribution in [0.25, 0.3) is 0 Å². The Bertz CT molecular complexity index is 682. The maximum Gasteiger partial charge on any atom is 0.347 e. The zero-order valence-electron chi connectivity index (χ0n) is 11.5. The molecule has 2 aromatic rings. The van der Waals surface area contributed by atoms with Crippen LogP contribution in [0.4, 0.5) is 0 Å². The Morgan fingerprint density at radius 2 is 2.00 bits per heavy atom. The van der Waals surface area contributed by atoms with Gasteiger partial charge in [-0.3, -0.25) is 4.79 Å². The number of hydrogen-bond donors (Lipinski definition) is 1. The second-order valence-electron chi connectivity index (χ2n) is 4.26. The maximum absolute atomic E-state index is 11.7. The SMILES string of the molecule is Cc1nc(Sc2ccc(C(=O)N(C)C)nn2)sc1C(=O)O. The summed E-state index contributed by atoms with van der Waals surface area (Å²) in [4.78, 5) is 28.4. The number of carbonyl (C=O) groups excluding carboxylic acids is 1. The second kappa shape index (κ2) is 6.19. The fourth-order valence-corrected chi connectivity index (χ4v) is 3.31. The standard InChI is InChI=1S/C12H12N4O3S2/c1-6-9(11(18)19)21-12(13-6)20-8-5-4-7(14-15-8)10(17)16(2)3/h4-5H,1-3H3,(H,18,19). The molecule has 0 aromatic carbocycles. The summed E-state index contributed by atoms with van der Waals surface area (Å²) >= 11 is 2.30. The molecule has 21 heavy (non-hydrogen) atoms. The van der Waals surface area contributed by atoms with Gasteiger partial charge in [-0.25, -0.2) is 9.78 Å². The van der Waals surface area contributed by atoms with E-state index in [-0.39, 0.29) is 16.5 Å². The lowest BCUT2D eigenvalue weighted by atomic mass is 10.3. The quantitative estimate of drug-likeness (QED) is 0.915. The number of hydrogen-bond acceptors (Lipinski definition) is 7. The van der Waals surface area contributed by atoms with Gasteiger partial charge in [-0.1, -0.05) is 11.3 Å². The predicted molar refractivity (Wildman–Crippen MR) is 78.0 cm³/mol. The minimum absolute atomic E-state index is 0.213. The van der Waals surface area contributed by atoms with Gasteiger partial charge in [-0.15, -0.1) is 10.2 Å². The van der Waals surface area contributed by atoms with Gasteiger partial charge >= 0.3 is 5.97 Å². The number of aromatic carboxylic acids is 1. The fourth-order valence-electron chi connectivity index (χ4n) is 1.42. The molecule has 0 atom stereocenters. The first kappa shape index (κ1) is 15.4. The Balaban J connectivity index is 2.15. The number of thiazole rings is 1. The second-order valence-corrected chi connectivity index (χ2v) is 6.52. The molecule has 0 radical (unpaired) electrons. The van der Waals surface area contributed by atoms with E-state index in [1.165, 1.54) is 16.7 Å². The van der Waals surface area contributed by atoms with Crippen molar-refractivity contribution in [1.82, 2.24) is 20.1 Å². The highest BCUT2D eigenvalue weighted by Crippen LogP contribution is 2.31. The summed E-state index contributed by atoms with van der Waals surface area (Å²) in [5.74, 6) is -1.22. The van der Waals surface area contributed by atoms with Crippen LogP contribution in [0.3, 0.4) is 0 Å². The first-order valence-electron chi connectivity index (χ1n) is 5.82. The van der Waals surface area contributed by atoms with E-state index in [9.17, 15) is 9.59 Å². The molecule has 110 valence electrons. The first-order chi connectivity index (χ1) is 9.88. The van der Waals surface area contributed by atoms with Crippen molar-refractivity contribution >= 4 is 35.0 Å². The largest absolute Gasteiger partial charge is 0.477 e. The summed E-state index contributed by atoms with van der Waals surface area (Å²) in [5.41, 5.74) is 0.730. The Hall–Kier alpha value is -2.00. The van der Waals surface area contributed by atoms with Crippen LogP contribution in [0.15, 0.2) is 21.5 Å². The maximum atomic E-state index is 11.7. The van der Waals surface area contributed by atoms with E-state index >= 15 is 0 Å². The third kappa shape index (κ3) is 3.56. The monoisotopic (exact) mass is 324 g/mol. The molecule has 0 unspecified atom stereocenters. The van der Waals surface area contributed by atoms with Gasteiger partial charge in [-0.2, -0.15) is 0 Å². The van der Waals surface area contributed by atoms with Crippen LogP contribution in [0, 0.1) is 6.92 Å². The molecule has 2 aromatic heterocycles. The van der Waals surface area contributed by atoms with Gasteiger partial charge in [0.05, 0.1) is 5.69 Å². The number of nitrogens with zero attached hydrogens (tertiary/aromatic N) is 4. The van der Waals surface area contributed by atoms with Crippen molar-refractivity contribution in [3.05, 3.63) is 28.4 Å². The minimum Gasteiger partial charge on any atom is -0.477 e. The summed E-state index contributed by atoms with van der Waals surface area (Å²) in [7, 11) is 3.27. The van der Waals surface area contributed by atoms with E-state index in [1.807, 2.05) is 0 Å². The molecule has 2 rings (SSSR count). The Kier molecular flexibility index (Phi) is 4.53. The third-order valence-electron chi connectivity index (χ3n) is 2.43. The van der Waals surface area contributed by atoms with Crippen LogP contribution in [-0.2, 0) is 0 Å². The van der Waals surface area contributed by atoms with Gasteiger partial charge < -0.3 is 10.0 Å². The zero-order valence-corrected chi connectivity index (χ0v) is 13.2. The molecular formula is C12H12N4O3S2. The molecule has 9 heteroatoms.